The van der Waals surface area contributed by atoms with E-state index in [1.165, 1.54) is 17.5 Å². The van der Waals surface area contributed by atoms with E-state index in [0.717, 1.165) is 10.2 Å². The SMILES string of the molecule is CC(C)(C)n1cc(C(=O)C(C#N)c2nc3ccccc3s2)cn1. The van der Waals surface area contributed by atoms with Crippen molar-refractivity contribution in [3.8, 4) is 6.07 Å². The highest BCUT2D eigenvalue weighted by molar-refractivity contribution is 7.18. The van der Waals surface area contributed by atoms with Crippen molar-refractivity contribution in [2.24, 2.45) is 0 Å². The first kappa shape index (κ1) is 15.4. The molecule has 0 fully saturated rings. The summed E-state index contributed by atoms with van der Waals surface area (Å²) in [5.41, 5.74) is 1.04. The largest absolute Gasteiger partial charge is 0.292 e. The fourth-order valence-electron chi connectivity index (χ4n) is 2.22. The van der Waals surface area contributed by atoms with Crippen LogP contribution in [0.4, 0.5) is 0 Å². The third-order valence-electron chi connectivity index (χ3n) is 3.50. The number of rotatable bonds is 3. The Kier molecular flexibility index (Phi) is 3.74. The maximum atomic E-state index is 12.7. The quantitative estimate of drug-likeness (QED) is 0.688. The molecule has 0 aliphatic heterocycles. The van der Waals surface area contributed by atoms with Crippen molar-refractivity contribution in [2.45, 2.75) is 32.2 Å². The third kappa shape index (κ3) is 2.88. The summed E-state index contributed by atoms with van der Waals surface area (Å²) >= 11 is 1.38. The Morgan fingerprint density at radius 2 is 2.09 bits per heavy atom. The summed E-state index contributed by atoms with van der Waals surface area (Å²) in [5, 5.41) is 14.2. The number of nitriles is 1. The molecular formula is C17H16N4OS. The fourth-order valence-corrected chi connectivity index (χ4v) is 3.23. The van der Waals surface area contributed by atoms with E-state index in [9.17, 15) is 10.1 Å². The number of Topliss-reactive ketones (excluding diaryl/α,β-unsaturated/α-hetero) is 1. The van der Waals surface area contributed by atoms with Gasteiger partial charge in [0.15, 0.2) is 11.7 Å². The molecule has 0 N–H and O–H groups in total. The first-order valence-corrected chi connectivity index (χ1v) is 8.06. The van der Waals surface area contributed by atoms with Gasteiger partial charge in [-0.05, 0) is 32.9 Å². The van der Waals surface area contributed by atoms with Gasteiger partial charge in [-0.25, -0.2) is 4.98 Å². The Labute approximate surface area is 138 Å². The van der Waals surface area contributed by atoms with Crippen LogP contribution in [0, 0.1) is 11.3 Å². The van der Waals surface area contributed by atoms with Gasteiger partial charge >= 0.3 is 0 Å². The molecule has 0 radical (unpaired) electrons. The smallest absolute Gasteiger partial charge is 0.190 e. The second-order valence-electron chi connectivity index (χ2n) is 6.29. The van der Waals surface area contributed by atoms with Crippen LogP contribution in [0.5, 0.6) is 0 Å². The lowest BCUT2D eigenvalue weighted by Crippen LogP contribution is -2.22. The molecule has 2 aromatic heterocycles. The van der Waals surface area contributed by atoms with Crippen LogP contribution in [0.15, 0.2) is 36.7 Å². The molecule has 3 aromatic rings. The third-order valence-corrected chi connectivity index (χ3v) is 4.60. The highest BCUT2D eigenvalue weighted by atomic mass is 32.1. The number of nitrogens with zero attached hydrogens (tertiary/aromatic N) is 4. The molecule has 1 atom stereocenters. The minimum Gasteiger partial charge on any atom is -0.292 e. The van der Waals surface area contributed by atoms with Gasteiger partial charge in [0.25, 0.3) is 0 Å². The van der Waals surface area contributed by atoms with Gasteiger partial charge < -0.3 is 0 Å². The molecule has 6 heteroatoms. The number of ketones is 1. The van der Waals surface area contributed by atoms with Crippen LogP contribution < -0.4 is 0 Å². The summed E-state index contributed by atoms with van der Waals surface area (Å²) in [6.07, 6.45) is 3.21. The average molecular weight is 324 g/mol. The number of aromatic nitrogens is 3. The number of fused-ring (bicyclic) bond motifs is 1. The number of carbonyl (C=O) groups excluding carboxylic acids is 1. The van der Waals surface area contributed by atoms with Crippen LogP contribution in [0.1, 0.15) is 42.1 Å². The van der Waals surface area contributed by atoms with Crippen LogP contribution in [-0.2, 0) is 5.54 Å². The van der Waals surface area contributed by atoms with E-state index in [1.54, 1.807) is 10.9 Å². The summed E-state index contributed by atoms with van der Waals surface area (Å²) in [4.78, 5) is 17.1. The first-order valence-electron chi connectivity index (χ1n) is 7.24. The Balaban J connectivity index is 1.96. The van der Waals surface area contributed by atoms with Crippen LogP contribution in [-0.4, -0.2) is 20.5 Å². The normalized spacial score (nSPS) is 13.0. The van der Waals surface area contributed by atoms with Crippen LogP contribution in [0.2, 0.25) is 0 Å². The van der Waals surface area contributed by atoms with Gasteiger partial charge in [-0.3, -0.25) is 9.48 Å². The number of thiazole rings is 1. The summed E-state index contributed by atoms with van der Waals surface area (Å²) in [7, 11) is 0. The second kappa shape index (κ2) is 5.60. The van der Waals surface area contributed by atoms with Gasteiger partial charge in [0.1, 0.15) is 5.01 Å². The van der Waals surface area contributed by atoms with Gasteiger partial charge in [-0.1, -0.05) is 12.1 Å². The van der Waals surface area contributed by atoms with E-state index in [2.05, 4.69) is 16.2 Å². The van der Waals surface area contributed by atoms with E-state index in [-0.39, 0.29) is 11.3 Å². The molecule has 23 heavy (non-hydrogen) atoms. The molecule has 2 heterocycles. The number of hydrogen-bond donors (Lipinski definition) is 0. The molecule has 0 amide bonds. The van der Waals surface area contributed by atoms with E-state index in [1.807, 2.05) is 45.0 Å². The van der Waals surface area contributed by atoms with Gasteiger partial charge in [-0.15, -0.1) is 11.3 Å². The molecule has 1 unspecified atom stereocenters. The van der Waals surface area contributed by atoms with Gasteiger partial charge in [0.2, 0.25) is 0 Å². The molecule has 0 aliphatic rings. The lowest BCUT2D eigenvalue weighted by atomic mass is 10.0. The topological polar surface area (TPSA) is 71.6 Å². The van der Waals surface area contributed by atoms with Gasteiger partial charge in [-0.2, -0.15) is 10.4 Å². The summed E-state index contributed by atoms with van der Waals surface area (Å²) < 4.78 is 2.70. The number of hydrogen-bond acceptors (Lipinski definition) is 5. The zero-order valence-electron chi connectivity index (χ0n) is 13.1. The Morgan fingerprint density at radius 1 is 1.35 bits per heavy atom. The summed E-state index contributed by atoms with van der Waals surface area (Å²) in [6.45, 7) is 6.01. The Hall–Kier alpha value is -2.52. The second-order valence-corrected chi connectivity index (χ2v) is 7.35. The van der Waals surface area contributed by atoms with Gasteiger partial charge in [0, 0.05) is 6.20 Å². The predicted octanol–water partition coefficient (Wildman–Crippen LogP) is 3.74. The van der Waals surface area contributed by atoms with Crippen molar-refractivity contribution >= 4 is 27.3 Å². The van der Waals surface area contributed by atoms with Crippen molar-refractivity contribution in [2.75, 3.05) is 0 Å². The molecular weight excluding hydrogens is 308 g/mol. The number of benzene rings is 1. The first-order chi connectivity index (χ1) is 10.9. The summed E-state index contributed by atoms with van der Waals surface area (Å²) in [5.74, 6) is -1.16. The van der Waals surface area contributed by atoms with Crippen molar-refractivity contribution in [3.05, 3.63) is 47.2 Å². The van der Waals surface area contributed by atoms with E-state index in [4.69, 9.17) is 0 Å². The van der Waals surface area contributed by atoms with E-state index >= 15 is 0 Å². The fraction of sp³-hybridized carbons (Fsp3) is 0.294. The number of para-hydroxylation sites is 1. The molecule has 1 aromatic carbocycles. The van der Waals surface area contributed by atoms with Crippen molar-refractivity contribution in [3.63, 3.8) is 0 Å². The maximum Gasteiger partial charge on any atom is 0.190 e. The molecule has 3 rings (SSSR count). The molecule has 0 saturated carbocycles. The lowest BCUT2D eigenvalue weighted by Gasteiger charge is -2.18. The molecule has 5 nitrogen and oxygen atoms in total. The van der Waals surface area contributed by atoms with Crippen LogP contribution in [0.3, 0.4) is 0 Å². The molecule has 116 valence electrons. The highest BCUT2D eigenvalue weighted by Crippen LogP contribution is 2.29. The predicted molar refractivity (Wildman–Crippen MR) is 89.5 cm³/mol. The van der Waals surface area contributed by atoms with Gasteiger partial charge in [0.05, 0.1) is 33.6 Å². The van der Waals surface area contributed by atoms with Crippen molar-refractivity contribution in [1.29, 1.82) is 5.26 Å². The van der Waals surface area contributed by atoms with Crippen LogP contribution in [0.25, 0.3) is 10.2 Å². The van der Waals surface area contributed by atoms with E-state index < -0.39 is 5.92 Å². The Morgan fingerprint density at radius 3 is 2.70 bits per heavy atom. The molecule has 0 aliphatic carbocycles. The minimum absolute atomic E-state index is 0.212. The zero-order valence-corrected chi connectivity index (χ0v) is 14.0. The molecule has 0 saturated heterocycles. The molecule has 0 spiro atoms. The van der Waals surface area contributed by atoms with Crippen molar-refractivity contribution < 1.29 is 4.79 Å². The maximum absolute atomic E-state index is 12.7. The lowest BCUT2D eigenvalue weighted by molar-refractivity contribution is 0.0978. The highest BCUT2D eigenvalue weighted by Gasteiger charge is 2.27. The monoisotopic (exact) mass is 324 g/mol. The Bertz CT molecular complexity index is 877. The summed E-state index contributed by atoms with van der Waals surface area (Å²) in [6, 6.07) is 9.71. The number of carbonyl (C=O) groups is 1. The molecule has 0 bridgehead atoms. The minimum atomic E-state index is -0.898. The zero-order chi connectivity index (χ0) is 16.6. The standard InChI is InChI=1S/C17H16N4OS/c1-17(2,3)21-10-11(9-19-21)15(22)12(8-18)16-20-13-6-4-5-7-14(13)23-16/h4-7,9-10,12H,1-3H3. The van der Waals surface area contributed by atoms with E-state index in [0.29, 0.717) is 10.6 Å². The van der Waals surface area contributed by atoms with Crippen LogP contribution >= 0.6 is 11.3 Å². The average Bonchev–Trinajstić information content (AvgIpc) is 3.14. The van der Waals surface area contributed by atoms with Crippen molar-refractivity contribution in [1.82, 2.24) is 14.8 Å².